The molecule has 0 spiro atoms. The van der Waals surface area contributed by atoms with Crippen molar-refractivity contribution < 1.29 is 46.2 Å². The molecule has 0 aliphatic carbocycles. The molecule has 4 aliphatic heterocycles. The number of halogens is 4. The Balaban J connectivity index is 0.000000141. The summed E-state index contributed by atoms with van der Waals surface area (Å²) in [6.07, 6.45) is 11.7. The molecule has 634 valence electrons. The Labute approximate surface area is 709 Å². The molecule has 4 aromatic carbocycles. The van der Waals surface area contributed by atoms with Crippen LogP contribution in [0.3, 0.4) is 0 Å². The zero-order valence-electron chi connectivity index (χ0n) is 69.1. The van der Waals surface area contributed by atoms with Gasteiger partial charge >= 0.3 is 24.1 Å². The molecule has 4 fully saturated rings. The highest BCUT2D eigenvalue weighted by atomic mass is 19.1. The molecule has 28 nitrogen and oxygen atoms in total. The number of nitrogens with one attached hydrogen (secondary N) is 4. The third-order valence-electron chi connectivity index (χ3n) is 21.4. The molecule has 12 N–H and O–H groups in total. The van der Waals surface area contributed by atoms with Crippen molar-refractivity contribution in [1.29, 1.82) is 0 Å². The second-order valence-corrected chi connectivity index (χ2v) is 30.9. The largest absolute Gasteiger partial charge is 0.396 e. The predicted molar refractivity (Wildman–Crippen MR) is 465 cm³/mol. The molecule has 123 heavy (non-hydrogen) atoms. The number of anilines is 8. The summed E-state index contributed by atoms with van der Waals surface area (Å²) in [6, 6.07) is 42.7. The van der Waals surface area contributed by atoms with Gasteiger partial charge in [0.05, 0.1) is 81.5 Å². The van der Waals surface area contributed by atoms with Gasteiger partial charge in [0.2, 0.25) is 0 Å². The molecular formula is C91H96F4N22O6. The Hall–Kier alpha value is -14.1. The zero-order valence-corrected chi connectivity index (χ0v) is 69.1. The number of aromatic nitrogens is 10. The fraction of sp³-hybridized carbons (Fsp3) is 0.275. The maximum absolute atomic E-state index is 13.4. The van der Waals surface area contributed by atoms with Crippen molar-refractivity contribution in [3.05, 3.63) is 274 Å². The van der Waals surface area contributed by atoms with Gasteiger partial charge in [0.15, 0.2) is 23.3 Å². The molecule has 0 unspecified atom stereocenters. The monoisotopic (exact) mass is 1670 g/mol. The lowest BCUT2D eigenvalue weighted by Gasteiger charge is -2.39. The minimum absolute atomic E-state index is 0.233. The van der Waals surface area contributed by atoms with Crippen LogP contribution in [0, 0.1) is 81.6 Å². The number of nitrogens with zero attached hydrogens (tertiary/aromatic N) is 14. The first kappa shape index (κ1) is 86.7. The number of nitrogen functional groups attached to an aromatic ring is 4. The summed E-state index contributed by atoms with van der Waals surface area (Å²) in [5, 5.41) is 11.2. The molecule has 12 aromatic rings. The van der Waals surface area contributed by atoms with Crippen LogP contribution in [0.1, 0.15) is 62.0 Å². The van der Waals surface area contributed by atoms with Crippen molar-refractivity contribution in [1.82, 2.24) is 69.4 Å². The Kier molecular flexibility index (Phi) is 28.1. The molecule has 0 atom stereocenters. The first-order valence-electron chi connectivity index (χ1n) is 40.0. The summed E-state index contributed by atoms with van der Waals surface area (Å²) in [5.74, 6) is 1.46. The number of benzene rings is 4. The van der Waals surface area contributed by atoms with E-state index in [0.29, 0.717) is 158 Å². The molecule has 8 aromatic heterocycles. The van der Waals surface area contributed by atoms with E-state index in [1.54, 1.807) is 131 Å². The van der Waals surface area contributed by atoms with E-state index in [4.69, 9.17) is 32.4 Å². The van der Waals surface area contributed by atoms with Crippen LogP contribution >= 0.6 is 0 Å². The first-order chi connectivity index (χ1) is 59.2. The van der Waals surface area contributed by atoms with Crippen LogP contribution < -0.4 is 44.2 Å². The number of amides is 8. The first-order valence-corrected chi connectivity index (χ1v) is 40.0. The van der Waals surface area contributed by atoms with Gasteiger partial charge in [0.1, 0.15) is 29.6 Å². The predicted octanol–water partition coefficient (Wildman–Crippen LogP) is 14.9. The minimum atomic E-state index is -0.303. The summed E-state index contributed by atoms with van der Waals surface area (Å²) in [7, 11) is 3.30. The van der Waals surface area contributed by atoms with Crippen molar-refractivity contribution in [3.8, 4) is 45.0 Å². The Morgan fingerprint density at radius 2 is 0.724 bits per heavy atom. The number of methoxy groups -OCH3 is 2. The summed E-state index contributed by atoms with van der Waals surface area (Å²) >= 11 is 0. The Morgan fingerprint density at radius 3 is 1.09 bits per heavy atom. The standard InChI is InChI=1S/2C24H26FN5O2.C22H23FN6O.C21H21FN6O/c1-15-9-18(25)3-4-20(15)22-6-5-21(26)23(28-22)29-24(31)30-12-17(13-30)10-16-7-8-27-19(11-16)14-32-2;1-15-10-17(25)6-7-20(15)22-9-8-21(26)23(28-22)29-24(31)30-12-16(13-30)11-18-4-3-5-19(27-18)14-32-2;1-13-9-16(23)3-4-17(13)19-6-5-18(24)21(27-19)28-22(30)29-11-15(12-29)10-20-14(2)25-7-8-26-20;1-13-8-15(22)2-3-17(13)19-5-4-18(23)20(26-19)27-21(29)28-10-14(11-28)9-16-6-7-24-12-25-16/h3-9,11,17H,10,12-14,26H2,1-2H3,(H,28,29,31);3-10,16H,11-14,26H2,1-2H3,(H,28,29,31);3-9,15H,10-12,24H2,1-2H3,(H,27,28,30);2-8,12,14H,9-11,23H2,1H3,(H,26,27,29). The van der Waals surface area contributed by atoms with Crippen molar-refractivity contribution in [3.63, 3.8) is 0 Å². The van der Waals surface area contributed by atoms with Crippen molar-refractivity contribution >= 4 is 70.1 Å². The van der Waals surface area contributed by atoms with Crippen molar-refractivity contribution in [2.75, 3.05) is 111 Å². The number of aryl methyl sites for hydroxylation is 5. The van der Waals surface area contributed by atoms with Gasteiger partial charge < -0.3 is 52.0 Å². The van der Waals surface area contributed by atoms with Crippen LogP contribution in [0.25, 0.3) is 45.0 Å². The molecule has 16 rings (SSSR count). The van der Waals surface area contributed by atoms with Gasteiger partial charge in [0, 0.05) is 125 Å². The SMILES string of the molecule is COCc1cc(CC2CN(C(=O)Nc3nc(-c4ccc(F)cc4C)ccc3N)C2)ccn1.COCc1cccc(CC2CN(C(=O)Nc3nc(-c4ccc(F)cc4C)ccc3N)C2)n1.Cc1cc(F)ccc1-c1ccc(N)c(NC(=O)N2CC(Cc3ccncn3)C2)n1.Cc1cc(F)ccc1-c1ccc(N)c(NC(=O)N2CC(Cc3nccnc3C)C2)n1. The molecule has 4 aliphatic rings. The van der Waals surface area contributed by atoms with E-state index in [1.165, 1.54) is 60.4 Å². The zero-order chi connectivity index (χ0) is 87.0. The van der Waals surface area contributed by atoms with Gasteiger partial charge in [-0.3, -0.25) is 41.2 Å². The van der Waals surface area contributed by atoms with Crippen LogP contribution in [0.2, 0.25) is 0 Å². The lowest BCUT2D eigenvalue weighted by Crippen LogP contribution is -2.52. The summed E-state index contributed by atoms with van der Waals surface area (Å²) in [4.78, 5) is 101. The third-order valence-corrected chi connectivity index (χ3v) is 21.4. The van der Waals surface area contributed by atoms with Gasteiger partial charge in [0.25, 0.3) is 0 Å². The number of ether oxygens (including phenoxy) is 2. The van der Waals surface area contributed by atoms with Crippen molar-refractivity contribution in [2.45, 2.75) is 73.5 Å². The number of carbonyl (C=O) groups is 4. The van der Waals surface area contributed by atoms with Gasteiger partial charge in [-0.25, -0.2) is 66.6 Å². The fourth-order valence-electron chi connectivity index (χ4n) is 14.7. The maximum atomic E-state index is 13.4. The molecule has 12 heterocycles. The number of pyridine rings is 6. The number of rotatable bonds is 20. The summed E-state index contributed by atoms with van der Waals surface area (Å²) in [5.41, 5.74) is 41.1. The highest BCUT2D eigenvalue weighted by molar-refractivity contribution is 5.95. The number of nitrogens with two attached hydrogens (primary N) is 4. The maximum Gasteiger partial charge on any atom is 0.323 e. The van der Waals surface area contributed by atoms with Crippen LogP contribution in [-0.2, 0) is 48.4 Å². The quantitative estimate of drug-likeness (QED) is 0.0329. The highest BCUT2D eigenvalue weighted by Crippen LogP contribution is 2.34. The Morgan fingerprint density at radius 1 is 0.366 bits per heavy atom. The molecule has 32 heteroatoms. The van der Waals surface area contributed by atoms with E-state index in [-0.39, 0.29) is 47.4 Å². The number of likely N-dealkylation sites (tertiary alicyclic amines) is 4. The molecule has 0 radical (unpaired) electrons. The molecule has 8 amide bonds. The van der Waals surface area contributed by atoms with Gasteiger partial charge in [-0.2, -0.15) is 0 Å². The topological polar surface area (TPSA) is 381 Å². The van der Waals surface area contributed by atoms with Gasteiger partial charge in [-0.05, 0) is 263 Å². The second kappa shape index (κ2) is 39.8. The lowest BCUT2D eigenvalue weighted by atomic mass is 9.92. The van der Waals surface area contributed by atoms with Crippen molar-refractivity contribution in [2.24, 2.45) is 23.7 Å². The van der Waals surface area contributed by atoms with Gasteiger partial charge in [-0.15, -0.1) is 0 Å². The van der Waals surface area contributed by atoms with E-state index in [9.17, 15) is 36.7 Å². The number of urea groups is 4. The average molecular weight is 1670 g/mol. The second-order valence-electron chi connectivity index (χ2n) is 30.9. The third kappa shape index (κ3) is 22.7. The number of hydrogen-bond acceptors (Lipinski definition) is 20. The Bertz CT molecular complexity index is 5620. The van der Waals surface area contributed by atoms with Crippen LogP contribution in [0.4, 0.5) is 82.8 Å². The van der Waals surface area contributed by atoms with Crippen LogP contribution in [-0.4, -0.2) is 160 Å². The van der Waals surface area contributed by atoms with E-state index < -0.39 is 0 Å². The summed E-state index contributed by atoms with van der Waals surface area (Å²) in [6.45, 7) is 15.3. The highest BCUT2D eigenvalue weighted by Gasteiger charge is 2.36. The van der Waals surface area contributed by atoms with E-state index >= 15 is 0 Å². The van der Waals surface area contributed by atoms with E-state index in [1.807, 2.05) is 71.0 Å². The van der Waals surface area contributed by atoms with Crippen LogP contribution in [0.5, 0.6) is 0 Å². The summed E-state index contributed by atoms with van der Waals surface area (Å²) < 4.78 is 63.9. The normalized spacial score (nSPS) is 13.7. The van der Waals surface area contributed by atoms with E-state index in [2.05, 4.69) is 71.1 Å². The molecule has 0 saturated carbocycles. The number of hydrogen-bond donors (Lipinski definition) is 8. The fourth-order valence-corrected chi connectivity index (χ4v) is 14.7. The average Bonchev–Trinajstić information content (AvgIpc) is 0.820. The molecular weight excluding hydrogens is 1570 g/mol. The van der Waals surface area contributed by atoms with E-state index in [0.717, 1.165) is 104 Å². The van der Waals surface area contributed by atoms with Crippen LogP contribution in [0.15, 0.2) is 189 Å². The number of carbonyl (C=O) groups excluding carboxylic acids is 4. The minimum Gasteiger partial charge on any atom is -0.396 e. The lowest BCUT2D eigenvalue weighted by molar-refractivity contribution is 0.130. The molecule has 4 saturated heterocycles. The molecule has 0 bridgehead atoms. The smallest absolute Gasteiger partial charge is 0.323 e. The van der Waals surface area contributed by atoms with Gasteiger partial charge in [-0.1, -0.05) is 6.07 Å².